The molecule has 0 aromatic carbocycles. The number of carbonyl (C=O) groups excluding carboxylic acids is 1. The quantitative estimate of drug-likeness (QED) is 0.754. The van der Waals surface area contributed by atoms with Crippen molar-refractivity contribution in [1.82, 2.24) is 5.32 Å². The number of nitrogens with zero attached hydrogens (tertiary/aromatic N) is 2. The molecule has 0 radical (unpaired) electrons. The molecule has 1 N–H and O–H groups in total. The van der Waals surface area contributed by atoms with Gasteiger partial charge in [-0.15, -0.1) is 0 Å². The highest BCUT2D eigenvalue weighted by molar-refractivity contribution is 8.14. The van der Waals surface area contributed by atoms with Gasteiger partial charge in [-0.3, -0.25) is 9.79 Å². The first-order valence-corrected chi connectivity index (χ1v) is 6.65. The van der Waals surface area contributed by atoms with Crippen molar-refractivity contribution in [2.24, 2.45) is 10.4 Å². The summed E-state index contributed by atoms with van der Waals surface area (Å²) in [6.45, 7) is 0.764. The third-order valence-corrected chi connectivity index (χ3v) is 4.05. The average molecular weight is 237 g/mol. The number of nitriles is 1. The topological polar surface area (TPSA) is 65.2 Å². The number of hydrogen-bond acceptors (Lipinski definition) is 4. The molecule has 86 valence electrons. The van der Waals surface area contributed by atoms with E-state index in [4.69, 9.17) is 0 Å². The van der Waals surface area contributed by atoms with Gasteiger partial charge >= 0.3 is 0 Å². The van der Waals surface area contributed by atoms with Crippen LogP contribution in [0.2, 0.25) is 0 Å². The Hall–Kier alpha value is -1.02. The minimum Gasteiger partial charge on any atom is -0.304 e. The normalized spacial score (nSPS) is 23.3. The molecule has 1 heterocycles. The second-order valence-electron chi connectivity index (χ2n) is 4.24. The molecule has 0 saturated heterocycles. The number of amides is 1. The van der Waals surface area contributed by atoms with Crippen molar-refractivity contribution < 1.29 is 4.79 Å². The maximum absolute atomic E-state index is 12.1. The Kier molecular flexibility index (Phi) is 3.49. The van der Waals surface area contributed by atoms with E-state index < -0.39 is 5.41 Å². The van der Waals surface area contributed by atoms with Gasteiger partial charge in [-0.1, -0.05) is 31.0 Å². The lowest BCUT2D eigenvalue weighted by Crippen LogP contribution is -2.43. The first kappa shape index (κ1) is 11.5. The molecule has 0 bridgehead atoms. The van der Waals surface area contributed by atoms with E-state index in [0.717, 1.165) is 31.6 Å². The second kappa shape index (κ2) is 4.88. The maximum atomic E-state index is 12.1. The van der Waals surface area contributed by atoms with Crippen LogP contribution in [0.4, 0.5) is 0 Å². The summed E-state index contributed by atoms with van der Waals surface area (Å²) in [5.74, 6) is 0.776. The molecule has 0 spiro atoms. The second-order valence-corrected chi connectivity index (χ2v) is 5.33. The fraction of sp³-hybridized carbons (Fsp3) is 0.727. The van der Waals surface area contributed by atoms with Crippen molar-refractivity contribution in [3.05, 3.63) is 0 Å². The van der Waals surface area contributed by atoms with Crippen LogP contribution in [0.1, 0.15) is 32.1 Å². The van der Waals surface area contributed by atoms with Crippen LogP contribution >= 0.6 is 11.8 Å². The van der Waals surface area contributed by atoms with E-state index in [-0.39, 0.29) is 5.91 Å². The molecule has 5 heteroatoms. The van der Waals surface area contributed by atoms with Gasteiger partial charge in [-0.05, 0) is 12.8 Å². The van der Waals surface area contributed by atoms with E-state index in [0.29, 0.717) is 18.0 Å². The minimum absolute atomic E-state index is 0.150. The molecule has 4 nitrogen and oxygen atoms in total. The number of amidine groups is 1. The van der Waals surface area contributed by atoms with Crippen LogP contribution < -0.4 is 5.32 Å². The third-order valence-electron chi connectivity index (χ3n) is 3.16. The summed E-state index contributed by atoms with van der Waals surface area (Å²) in [7, 11) is 0. The standard InChI is InChI=1S/C11H15N3OS/c12-8-11(4-2-1-3-5-11)9(15)14-10-13-6-7-16-10/h1-7H2,(H,13,14,15). The fourth-order valence-electron chi connectivity index (χ4n) is 2.17. The van der Waals surface area contributed by atoms with Crippen molar-refractivity contribution >= 4 is 22.8 Å². The fourth-order valence-corrected chi connectivity index (χ4v) is 2.90. The van der Waals surface area contributed by atoms with Gasteiger partial charge in [0, 0.05) is 5.75 Å². The van der Waals surface area contributed by atoms with Crippen LogP contribution in [0.3, 0.4) is 0 Å². The number of carbonyl (C=O) groups is 1. The van der Waals surface area contributed by atoms with Gasteiger partial charge in [-0.25, -0.2) is 0 Å². The van der Waals surface area contributed by atoms with Gasteiger partial charge in [0.25, 0.3) is 0 Å². The SMILES string of the molecule is N#CC1(C(=O)NC2=NCCS2)CCCCC1. The van der Waals surface area contributed by atoms with Gasteiger partial charge in [-0.2, -0.15) is 5.26 Å². The van der Waals surface area contributed by atoms with E-state index in [1.165, 1.54) is 0 Å². The monoisotopic (exact) mass is 237 g/mol. The van der Waals surface area contributed by atoms with Crippen molar-refractivity contribution in [2.75, 3.05) is 12.3 Å². The highest BCUT2D eigenvalue weighted by Crippen LogP contribution is 2.36. The van der Waals surface area contributed by atoms with Gasteiger partial charge in [0.05, 0.1) is 12.6 Å². The Labute approximate surface area is 99.5 Å². The van der Waals surface area contributed by atoms with Crippen molar-refractivity contribution in [1.29, 1.82) is 5.26 Å². The van der Waals surface area contributed by atoms with Crippen LogP contribution in [0, 0.1) is 16.7 Å². The Morgan fingerprint density at radius 1 is 1.44 bits per heavy atom. The molecule has 0 atom stereocenters. The summed E-state index contributed by atoms with van der Waals surface area (Å²) in [6, 6.07) is 2.21. The molecule has 1 fully saturated rings. The predicted molar refractivity (Wildman–Crippen MR) is 64.0 cm³/mol. The zero-order valence-electron chi connectivity index (χ0n) is 9.16. The number of aliphatic imine (C=N–C) groups is 1. The van der Waals surface area contributed by atoms with Crippen molar-refractivity contribution in [3.63, 3.8) is 0 Å². The molecular weight excluding hydrogens is 222 g/mol. The molecule has 16 heavy (non-hydrogen) atoms. The summed E-state index contributed by atoms with van der Waals surface area (Å²) in [5, 5.41) is 12.7. The largest absolute Gasteiger partial charge is 0.304 e. The first-order valence-electron chi connectivity index (χ1n) is 5.67. The zero-order chi connectivity index (χ0) is 11.4. The van der Waals surface area contributed by atoms with Gasteiger partial charge < -0.3 is 5.32 Å². The van der Waals surface area contributed by atoms with E-state index in [1.54, 1.807) is 11.8 Å². The lowest BCUT2D eigenvalue weighted by molar-refractivity contribution is -0.128. The van der Waals surface area contributed by atoms with Crippen LogP contribution in [-0.4, -0.2) is 23.4 Å². The zero-order valence-corrected chi connectivity index (χ0v) is 9.98. The summed E-state index contributed by atoms with van der Waals surface area (Å²) in [4.78, 5) is 16.3. The Bertz CT molecular complexity index is 353. The Morgan fingerprint density at radius 3 is 2.75 bits per heavy atom. The van der Waals surface area contributed by atoms with Crippen molar-refractivity contribution in [3.8, 4) is 6.07 Å². The number of rotatable bonds is 1. The van der Waals surface area contributed by atoms with Crippen LogP contribution in [0.15, 0.2) is 4.99 Å². The average Bonchev–Trinajstić information content (AvgIpc) is 2.82. The van der Waals surface area contributed by atoms with Gasteiger partial charge in [0.2, 0.25) is 5.91 Å². The Morgan fingerprint density at radius 2 is 2.19 bits per heavy atom. The maximum Gasteiger partial charge on any atom is 0.246 e. The smallest absolute Gasteiger partial charge is 0.246 e. The summed E-state index contributed by atoms with van der Waals surface area (Å²) < 4.78 is 0. The van der Waals surface area contributed by atoms with E-state index in [2.05, 4.69) is 16.4 Å². The number of thioether (sulfide) groups is 1. The van der Waals surface area contributed by atoms with E-state index in [9.17, 15) is 10.1 Å². The van der Waals surface area contributed by atoms with Crippen molar-refractivity contribution in [2.45, 2.75) is 32.1 Å². The number of nitrogens with one attached hydrogen (secondary N) is 1. The van der Waals surface area contributed by atoms with E-state index in [1.807, 2.05) is 0 Å². The molecule has 2 rings (SSSR count). The molecular formula is C11H15N3OS. The van der Waals surface area contributed by atoms with Crippen LogP contribution in [-0.2, 0) is 4.79 Å². The van der Waals surface area contributed by atoms with E-state index >= 15 is 0 Å². The highest BCUT2D eigenvalue weighted by Gasteiger charge is 2.40. The minimum atomic E-state index is -0.802. The molecule has 1 amide bonds. The molecule has 1 saturated carbocycles. The summed E-state index contributed by atoms with van der Waals surface area (Å²) in [6.07, 6.45) is 4.45. The van der Waals surface area contributed by atoms with Gasteiger partial charge in [0.15, 0.2) is 5.17 Å². The lowest BCUT2D eigenvalue weighted by atomic mass is 9.74. The lowest BCUT2D eigenvalue weighted by Gasteiger charge is -2.28. The van der Waals surface area contributed by atoms with Crippen LogP contribution in [0.5, 0.6) is 0 Å². The Balaban J connectivity index is 2.03. The molecule has 0 aromatic heterocycles. The number of hydrogen-bond donors (Lipinski definition) is 1. The summed E-state index contributed by atoms with van der Waals surface area (Å²) in [5.41, 5.74) is -0.802. The molecule has 0 unspecified atom stereocenters. The molecule has 1 aliphatic carbocycles. The predicted octanol–water partition coefficient (Wildman–Crippen LogP) is 1.68. The highest BCUT2D eigenvalue weighted by atomic mass is 32.2. The van der Waals surface area contributed by atoms with Gasteiger partial charge in [0.1, 0.15) is 5.41 Å². The molecule has 1 aliphatic heterocycles. The first-order chi connectivity index (χ1) is 7.77. The van der Waals surface area contributed by atoms with Crippen LogP contribution in [0.25, 0.3) is 0 Å². The third kappa shape index (κ3) is 2.22. The molecule has 2 aliphatic rings. The summed E-state index contributed by atoms with van der Waals surface area (Å²) >= 11 is 1.55. The molecule has 0 aromatic rings.